The number of carboxylic acids is 1. The fourth-order valence-corrected chi connectivity index (χ4v) is 1.74. The van der Waals surface area contributed by atoms with Crippen LogP contribution in [-0.4, -0.2) is 58.9 Å². The molecular formula is C9H16O6. The molecule has 5 atom stereocenters. The van der Waals surface area contributed by atoms with Crippen molar-refractivity contribution < 1.29 is 29.6 Å². The van der Waals surface area contributed by atoms with Crippen LogP contribution in [0.25, 0.3) is 0 Å². The lowest BCUT2D eigenvalue weighted by Gasteiger charge is -2.40. The van der Waals surface area contributed by atoms with E-state index in [-0.39, 0.29) is 0 Å². The highest BCUT2D eigenvalue weighted by Gasteiger charge is 2.47. The van der Waals surface area contributed by atoms with Crippen molar-refractivity contribution in [3.05, 3.63) is 0 Å². The number of carboxylic acid groups (broad SMARTS) is 1. The summed E-state index contributed by atoms with van der Waals surface area (Å²) in [6.45, 7) is 1.74. The van der Waals surface area contributed by atoms with Gasteiger partial charge in [-0.15, -0.1) is 0 Å². The minimum absolute atomic E-state index is 0.429. The number of methoxy groups -OCH3 is 1. The molecular weight excluding hydrogens is 204 g/mol. The van der Waals surface area contributed by atoms with Crippen molar-refractivity contribution in [1.29, 1.82) is 0 Å². The van der Waals surface area contributed by atoms with Crippen LogP contribution >= 0.6 is 0 Å². The number of rotatable bonds is 3. The van der Waals surface area contributed by atoms with Crippen LogP contribution in [0, 0.1) is 0 Å². The fourth-order valence-electron chi connectivity index (χ4n) is 1.74. The van der Waals surface area contributed by atoms with Crippen molar-refractivity contribution in [1.82, 2.24) is 0 Å². The van der Waals surface area contributed by atoms with Gasteiger partial charge in [0.15, 0.2) is 6.10 Å². The zero-order valence-corrected chi connectivity index (χ0v) is 8.66. The summed E-state index contributed by atoms with van der Waals surface area (Å²) in [5.74, 6) is -1.20. The Balaban J connectivity index is 2.84. The first-order valence-electron chi connectivity index (χ1n) is 4.80. The van der Waals surface area contributed by atoms with Gasteiger partial charge >= 0.3 is 5.97 Å². The monoisotopic (exact) mass is 220 g/mol. The molecule has 1 fully saturated rings. The van der Waals surface area contributed by atoms with E-state index in [9.17, 15) is 15.0 Å². The molecule has 0 aliphatic carbocycles. The molecule has 15 heavy (non-hydrogen) atoms. The van der Waals surface area contributed by atoms with Gasteiger partial charge in [-0.25, -0.2) is 4.79 Å². The molecule has 0 saturated carbocycles. The lowest BCUT2D eigenvalue weighted by atomic mass is 9.93. The maximum atomic E-state index is 10.8. The summed E-state index contributed by atoms with van der Waals surface area (Å²) in [5, 5.41) is 28.1. The highest BCUT2D eigenvalue weighted by molar-refractivity contribution is 5.73. The Hall–Kier alpha value is -0.690. The molecule has 0 radical (unpaired) electrons. The predicted octanol–water partition coefficient (Wildman–Crippen LogP) is -1.01. The number of ether oxygens (including phenoxy) is 2. The van der Waals surface area contributed by atoms with E-state index in [1.54, 1.807) is 6.92 Å². The molecule has 6 nitrogen and oxygen atoms in total. The molecule has 0 aromatic carbocycles. The zero-order chi connectivity index (χ0) is 11.6. The number of hydrogen-bond donors (Lipinski definition) is 3. The van der Waals surface area contributed by atoms with Gasteiger partial charge in [-0.2, -0.15) is 0 Å². The Morgan fingerprint density at radius 3 is 2.40 bits per heavy atom. The second kappa shape index (κ2) is 4.89. The molecule has 0 bridgehead atoms. The van der Waals surface area contributed by atoms with Gasteiger partial charge in [-0.1, -0.05) is 6.92 Å². The van der Waals surface area contributed by atoms with E-state index in [1.165, 1.54) is 7.11 Å². The minimum Gasteiger partial charge on any atom is -0.479 e. The minimum atomic E-state index is -1.24. The van der Waals surface area contributed by atoms with Crippen LogP contribution in [-0.2, 0) is 14.3 Å². The van der Waals surface area contributed by atoms with Gasteiger partial charge in [-0.3, -0.25) is 0 Å². The molecule has 0 aromatic heterocycles. The summed E-state index contributed by atoms with van der Waals surface area (Å²) in [6, 6.07) is 0. The third kappa shape index (κ3) is 2.28. The van der Waals surface area contributed by atoms with E-state index < -0.39 is 36.5 Å². The molecule has 1 saturated heterocycles. The summed E-state index contributed by atoms with van der Waals surface area (Å²) in [6.07, 6.45) is -4.88. The topological polar surface area (TPSA) is 96.2 Å². The standard InChI is InChI=1S/C9H16O6/c1-3-4-5(10)6(11)7(14-2)8(15-4)9(12)13/h4-8,10-11H,3H2,1-2H3,(H,12,13)/t4-,5?,6?,7+,8?/m0/s1. The van der Waals surface area contributed by atoms with Crippen LogP contribution in [0.5, 0.6) is 0 Å². The van der Waals surface area contributed by atoms with E-state index in [1.807, 2.05) is 0 Å². The van der Waals surface area contributed by atoms with E-state index >= 15 is 0 Å². The first kappa shape index (κ1) is 12.4. The summed E-state index contributed by atoms with van der Waals surface area (Å²) in [7, 11) is 1.27. The second-order valence-electron chi connectivity index (χ2n) is 3.52. The molecule has 0 aromatic rings. The zero-order valence-electron chi connectivity index (χ0n) is 8.66. The first-order chi connectivity index (χ1) is 7.02. The number of aliphatic carboxylic acids is 1. The quantitative estimate of drug-likeness (QED) is 0.563. The molecule has 1 aliphatic rings. The average molecular weight is 220 g/mol. The lowest BCUT2D eigenvalue weighted by molar-refractivity contribution is -0.233. The maximum Gasteiger partial charge on any atom is 0.335 e. The Morgan fingerprint density at radius 1 is 1.40 bits per heavy atom. The number of aliphatic hydroxyl groups is 2. The Bertz CT molecular complexity index is 231. The third-order valence-corrected chi connectivity index (χ3v) is 2.61. The average Bonchev–Trinajstić information content (AvgIpc) is 2.21. The molecule has 88 valence electrons. The van der Waals surface area contributed by atoms with Crippen LogP contribution in [0.4, 0.5) is 0 Å². The van der Waals surface area contributed by atoms with Crippen LogP contribution < -0.4 is 0 Å². The SMILES string of the molecule is CC[C@@H]1OC(C(=O)O)[C@H](OC)C(O)C1O. The fraction of sp³-hybridized carbons (Fsp3) is 0.889. The Labute approximate surface area is 87.4 Å². The normalized spacial score (nSPS) is 41.5. The van der Waals surface area contributed by atoms with Crippen LogP contribution in [0.2, 0.25) is 0 Å². The van der Waals surface area contributed by atoms with Gasteiger partial charge < -0.3 is 24.8 Å². The van der Waals surface area contributed by atoms with Crippen LogP contribution in [0.1, 0.15) is 13.3 Å². The van der Waals surface area contributed by atoms with Gasteiger partial charge in [-0.05, 0) is 6.42 Å². The Kier molecular flexibility index (Phi) is 4.04. The van der Waals surface area contributed by atoms with E-state index in [0.29, 0.717) is 6.42 Å². The van der Waals surface area contributed by atoms with Crippen molar-refractivity contribution in [2.45, 2.75) is 43.9 Å². The highest BCUT2D eigenvalue weighted by Crippen LogP contribution is 2.24. The van der Waals surface area contributed by atoms with Gasteiger partial charge in [0.1, 0.15) is 18.3 Å². The van der Waals surface area contributed by atoms with Crippen molar-refractivity contribution in [2.24, 2.45) is 0 Å². The summed E-state index contributed by atoms with van der Waals surface area (Å²) in [4.78, 5) is 10.8. The maximum absolute atomic E-state index is 10.8. The third-order valence-electron chi connectivity index (χ3n) is 2.61. The van der Waals surface area contributed by atoms with E-state index in [4.69, 9.17) is 14.6 Å². The number of carbonyl (C=O) groups is 1. The largest absolute Gasteiger partial charge is 0.479 e. The van der Waals surface area contributed by atoms with Crippen molar-refractivity contribution in [3.63, 3.8) is 0 Å². The van der Waals surface area contributed by atoms with Crippen molar-refractivity contribution >= 4 is 5.97 Å². The van der Waals surface area contributed by atoms with Gasteiger partial charge in [0.05, 0.1) is 6.10 Å². The van der Waals surface area contributed by atoms with E-state index in [2.05, 4.69) is 0 Å². The van der Waals surface area contributed by atoms with Gasteiger partial charge in [0.25, 0.3) is 0 Å². The molecule has 1 heterocycles. The molecule has 0 spiro atoms. The summed E-state index contributed by atoms with van der Waals surface area (Å²) < 4.78 is 9.97. The molecule has 0 amide bonds. The number of hydrogen-bond acceptors (Lipinski definition) is 5. The lowest BCUT2D eigenvalue weighted by Crippen LogP contribution is -2.60. The summed E-state index contributed by atoms with van der Waals surface area (Å²) in [5.41, 5.74) is 0. The van der Waals surface area contributed by atoms with Crippen LogP contribution in [0.15, 0.2) is 0 Å². The smallest absolute Gasteiger partial charge is 0.335 e. The van der Waals surface area contributed by atoms with E-state index in [0.717, 1.165) is 0 Å². The van der Waals surface area contributed by atoms with Crippen molar-refractivity contribution in [2.75, 3.05) is 7.11 Å². The summed E-state index contributed by atoms with van der Waals surface area (Å²) >= 11 is 0. The Morgan fingerprint density at radius 2 is 2.00 bits per heavy atom. The molecule has 3 N–H and O–H groups in total. The molecule has 1 rings (SSSR count). The predicted molar refractivity (Wildman–Crippen MR) is 49.4 cm³/mol. The number of aliphatic hydroxyl groups excluding tert-OH is 2. The molecule has 6 heteroatoms. The molecule has 1 aliphatic heterocycles. The second-order valence-corrected chi connectivity index (χ2v) is 3.52. The highest BCUT2D eigenvalue weighted by atomic mass is 16.6. The van der Waals surface area contributed by atoms with Crippen molar-refractivity contribution in [3.8, 4) is 0 Å². The molecule has 3 unspecified atom stereocenters. The van der Waals surface area contributed by atoms with Gasteiger partial charge in [0.2, 0.25) is 0 Å². The van der Waals surface area contributed by atoms with Gasteiger partial charge in [0, 0.05) is 7.11 Å². The van der Waals surface area contributed by atoms with Crippen LogP contribution in [0.3, 0.4) is 0 Å². The first-order valence-corrected chi connectivity index (χ1v) is 4.80.